The summed E-state index contributed by atoms with van der Waals surface area (Å²) in [7, 11) is 2.05. The molecule has 17 heavy (non-hydrogen) atoms. The standard InChI is InChI=1S/C12H23N5/c1-5-9(3)8-17(4)12-7-11(16-13)14-10(6-2)15-12/h7,9H,5-6,8,13H2,1-4H3,(H,14,15,16). The molecule has 0 aliphatic rings. The molecular weight excluding hydrogens is 214 g/mol. The number of nitrogens with one attached hydrogen (secondary N) is 1. The van der Waals surface area contributed by atoms with Crippen molar-refractivity contribution >= 4 is 11.6 Å². The topological polar surface area (TPSA) is 67.1 Å². The van der Waals surface area contributed by atoms with Gasteiger partial charge < -0.3 is 10.3 Å². The van der Waals surface area contributed by atoms with Gasteiger partial charge in [-0.15, -0.1) is 0 Å². The van der Waals surface area contributed by atoms with Crippen molar-refractivity contribution in [3.8, 4) is 0 Å². The molecule has 1 heterocycles. The number of aryl methyl sites for hydroxylation is 1. The Morgan fingerprint density at radius 3 is 2.65 bits per heavy atom. The first-order valence-corrected chi connectivity index (χ1v) is 6.16. The lowest BCUT2D eigenvalue weighted by Gasteiger charge is -2.22. The Morgan fingerprint density at radius 1 is 1.41 bits per heavy atom. The summed E-state index contributed by atoms with van der Waals surface area (Å²) in [6.07, 6.45) is 1.97. The van der Waals surface area contributed by atoms with E-state index in [1.165, 1.54) is 0 Å². The summed E-state index contributed by atoms with van der Waals surface area (Å²) in [6, 6.07) is 1.88. The third kappa shape index (κ3) is 3.85. The number of aromatic nitrogens is 2. The van der Waals surface area contributed by atoms with E-state index < -0.39 is 0 Å². The van der Waals surface area contributed by atoms with Crippen molar-refractivity contribution in [2.75, 3.05) is 23.9 Å². The lowest BCUT2D eigenvalue weighted by molar-refractivity contribution is 0.557. The fourth-order valence-corrected chi connectivity index (χ4v) is 1.60. The van der Waals surface area contributed by atoms with Gasteiger partial charge in [0.05, 0.1) is 0 Å². The molecule has 1 rings (SSSR count). The summed E-state index contributed by atoms with van der Waals surface area (Å²) in [6.45, 7) is 7.46. The maximum absolute atomic E-state index is 5.41. The molecular formula is C12H23N5. The molecule has 1 aromatic rings. The van der Waals surface area contributed by atoms with Gasteiger partial charge >= 0.3 is 0 Å². The minimum Gasteiger partial charge on any atom is -0.359 e. The summed E-state index contributed by atoms with van der Waals surface area (Å²) in [5, 5.41) is 0. The van der Waals surface area contributed by atoms with E-state index in [9.17, 15) is 0 Å². The van der Waals surface area contributed by atoms with Gasteiger partial charge in [0.2, 0.25) is 0 Å². The van der Waals surface area contributed by atoms with E-state index in [1.807, 2.05) is 20.0 Å². The molecule has 0 spiro atoms. The van der Waals surface area contributed by atoms with E-state index in [0.29, 0.717) is 11.7 Å². The molecule has 0 aliphatic carbocycles. The quantitative estimate of drug-likeness (QED) is 0.583. The molecule has 3 N–H and O–H groups in total. The molecule has 0 bridgehead atoms. The van der Waals surface area contributed by atoms with Gasteiger partial charge in [-0.05, 0) is 5.92 Å². The maximum Gasteiger partial charge on any atom is 0.145 e. The first kappa shape index (κ1) is 13.7. The molecule has 1 unspecified atom stereocenters. The normalized spacial score (nSPS) is 12.3. The molecule has 96 valence electrons. The van der Waals surface area contributed by atoms with E-state index in [2.05, 4.69) is 34.1 Å². The van der Waals surface area contributed by atoms with E-state index in [1.54, 1.807) is 0 Å². The number of nitrogen functional groups attached to an aromatic ring is 1. The van der Waals surface area contributed by atoms with Gasteiger partial charge in [0.1, 0.15) is 17.5 Å². The highest BCUT2D eigenvalue weighted by Gasteiger charge is 2.09. The van der Waals surface area contributed by atoms with Crippen LogP contribution in [0.2, 0.25) is 0 Å². The molecule has 1 atom stereocenters. The van der Waals surface area contributed by atoms with E-state index in [-0.39, 0.29) is 0 Å². The average molecular weight is 237 g/mol. The third-order valence-corrected chi connectivity index (χ3v) is 2.90. The number of anilines is 2. The Balaban J connectivity index is 2.88. The Kier molecular flexibility index (Phi) is 5.15. The van der Waals surface area contributed by atoms with Crippen molar-refractivity contribution in [3.63, 3.8) is 0 Å². The van der Waals surface area contributed by atoms with Crippen LogP contribution in [0, 0.1) is 5.92 Å². The minimum atomic E-state index is 0.648. The summed E-state index contributed by atoms with van der Waals surface area (Å²) >= 11 is 0. The van der Waals surface area contributed by atoms with Crippen LogP contribution in [0.3, 0.4) is 0 Å². The zero-order valence-corrected chi connectivity index (χ0v) is 11.2. The summed E-state index contributed by atoms with van der Waals surface area (Å²) in [5.74, 6) is 8.46. The van der Waals surface area contributed by atoms with Crippen molar-refractivity contribution in [1.82, 2.24) is 9.97 Å². The van der Waals surface area contributed by atoms with Crippen LogP contribution in [0.15, 0.2) is 6.07 Å². The van der Waals surface area contributed by atoms with Gasteiger partial charge in [-0.1, -0.05) is 27.2 Å². The van der Waals surface area contributed by atoms with Crippen molar-refractivity contribution in [2.45, 2.75) is 33.6 Å². The smallest absolute Gasteiger partial charge is 0.145 e. The summed E-state index contributed by atoms with van der Waals surface area (Å²) in [4.78, 5) is 10.9. The molecule has 0 saturated carbocycles. The van der Waals surface area contributed by atoms with Crippen molar-refractivity contribution in [3.05, 3.63) is 11.9 Å². The molecule has 0 aromatic carbocycles. The number of hydrogen-bond acceptors (Lipinski definition) is 5. The molecule has 0 radical (unpaired) electrons. The zero-order chi connectivity index (χ0) is 12.8. The number of hydrazine groups is 1. The maximum atomic E-state index is 5.41. The van der Waals surface area contributed by atoms with Crippen LogP contribution in [-0.2, 0) is 6.42 Å². The Labute approximate surface area is 103 Å². The van der Waals surface area contributed by atoms with E-state index in [4.69, 9.17) is 5.84 Å². The number of hydrogen-bond donors (Lipinski definition) is 2. The van der Waals surface area contributed by atoms with Crippen LogP contribution in [0.4, 0.5) is 11.6 Å². The zero-order valence-electron chi connectivity index (χ0n) is 11.2. The van der Waals surface area contributed by atoms with Crippen LogP contribution in [0.5, 0.6) is 0 Å². The first-order chi connectivity index (χ1) is 8.10. The second kappa shape index (κ2) is 6.39. The Morgan fingerprint density at radius 2 is 2.12 bits per heavy atom. The van der Waals surface area contributed by atoms with Crippen molar-refractivity contribution < 1.29 is 0 Å². The predicted octanol–water partition coefficient (Wildman–Crippen LogP) is 1.81. The fraction of sp³-hybridized carbons (Fsp3) is 0.667. The van der Waals surface area contributed by atoms with Gasteiger partial charge in [0.25, 0.3) is 0 Å². The minimum absolute atomic E-state index is 0.648. The van der Waals surface area contributed by atoms with Gasteiger partial charge in [-0.25, -0.2) is 15.8 Å². The highest BCUT2D eigenvalue weighted by molar-refractivity contribution is 5.48. The molecule has 0 fully saturated rings. The van der Waals surface area contributed by atoms with Crippen LogP contribution < -0.4 is 16.2 Å². The van der Waals surface area contributed by atoms with Crippen molar-refractivity contribution in [2.24, 2.45) is 11.8 Å². The Bertz CT molecular complexity index is 330. The van der Waals surface area contributed by atoms with Gasteiger partial charge in [0.15, 0.2) is 0 Å². The second-order valence-corrected chi connectivity index (χ2v) is 4.42. The fourth-order valence-electron chi connectivity index (χ4n) is 1.60. The van der Waals surface area contributed by atoms with Crippen molar-refractivity contribution in [1.29, 1.82) is 0 Å². The average Bonchev–Trinajstić information content (AvgIpc) is 2.37. The summed E-state index contributed by atoms with van der Waals surface area (Å²) in [5.41, 5.74) is 2.59. The largest absolute Gasteiger partial charge is 0.359 e. The van der Waals surface area contributed by atoms with Gasteiger partial charge in [-0.3, -0.25) is 0 Å². The van der Waals surface area contributed by atoms with Crippen LogP contribution in [0.1, 0.15) is 33.0 Å². The van der Waals surface area contributed by atoms with E-state index in [0.717, 1.165) is 31.0 Å². The molecule has 0 aliphatic heterocycles. The van der Waals surface area contributed by atoms with Crippen LogP contribution >= 0.6 is 0 Å². The first-order valence-electron chi connectivity index (χ1n) is 6.16. The molecule has 5 nitrogen and oxygen atoms in total. The molecule has 0 saturated heterocycles. The lowest BCUT2D eigenvalue weighted by Crippen LogP contribution is -2.25. The predicted molar refractivity (Wildman–Crippen MR) is 71.9 cm³/mol. The van der Waals surface area contributed by atoms with Crippen LogP contribution in [0.25, 0.3) is 0 Å². The number of nitrogens with zero attached hydrogens (tertiary/aromatic N) is 3. The number of rotatable bonds is 6. The van der Waals surface area contributed by atoms with Gasteiger partial charge in [-0.2, -0.15) is 0 Å². The van der Waals surface area contributed by atoms with Crippen LogP contribution in [-0.4, -0.2) is 23.6 Å². The highest BCUT2D eigenvalue weighted by atomic mass is 15.3. The third-order valence-electron chi connectivity index (χ3n) is 2.90. The highest BCUT2D eigenvalue weighted by Crippen LogP contribution is 2.16. The SMILES string of the molecule is CCc1nc(NN)cc(N(C)CC(C)CC)n1. The molecule has 1 aromatic heterocycles. The monoisotopic (exact) mass is 237 g/mol. The van der Waals surface area contributed by atoms with E-state index >= 15 is 0 Å². The lowest BCUT2D eigenvalue weighted by atomic mass is 10.1. The number of nitrogens with two attached hydrogens (primary N) is 1. The van der Waals surface area contributed by atoms with Gasteiger partial charge in [0, 0.05) is 26.1 Å². The second-order valence-electron chi connectivity index (χ2n) is 4.42. The summed E-state index contributed by atoms with van der Waals surface area (Å²) < 4.78 is 0. The molecule has 5 heteroatoms. The Hall–Kier alpha value is -1.36. The molecule has 0 amide bonds.